The summed E-state index contributed by atoms with van der Waals surface area (Å²) in [5.41, 5.74) is 7.02. The Morgan fingerprint density at radius 3 is 2.60 bits per heavy atom. The maximum absolute atomic E-state index is 12.7. The summed E-state index contributed by atoms with van der Waals surface area (Å²) in [5, 5.41) is 3.06. The van der Waals surface area contributed by atoms with E-state index in [0.29, 0.717) is 12.0 Å². The minimum absolute atomic E-state index is 0.0760. The van der Waals surface area contributed by atoms with Crippen LogP contribution in [-0.2, 0) is 17.6 Å². The van der Waals surface area contributed by atoms with Crippen molar-refractivity contribution in [2.45, 2.75) is 39.5 Å². The molecule has 0 radical (unpaired) electrons. The highest BCUT2D eigenvalue weighted by atomic mass is 16.2. The smallest absolute Gasteiger partial charge is 0.255 e. The maximum atomic E-state index is 12.7. The first-order chi connectivity index (χ1) is 12.0. The molecule has 2 amide bonds. The van der Waals surface area contributed by atoms with Crippen molar-refractivity contribution in [3.63, 3.8) is 0 Å². The molecule has 128 valence electrons. The van der Waals surface area contributed by atoms with Gasteiger partial charge in [0.25, 0.3) is 5.91 Å². The van der Waals surface area contributed by atoms with Crippen LogP contribution in [0.4, 0.5) is 11.4 Å². The molecule has 2 aliphatic heterocycles. The Morgan fingerprint density at radius 1 is 1.04 bits per heavy atom. The number of carbonyl (C=O) groups excluding carboxylic acids is 2. The van der Waals surface area contributed by atoms with Crippen LogP contribution in [0.5, 0.6) is 0 Å². The van der Waals surface area contributed by atoms with Gasteiger partial charge in [0, 0.05) is 24.2 Å². The van der Waals surface area contributed by atoms with E-state index in [1.54, 1.807) is 0 Å². The molecule has 2 aromatic rings. The van der Waals surface area contributed by atoms with Crippen LogP contribution in [0.25, 0.3) is 0 Å². The van der Waals surface area contributed by atoms with Crippen molar-refractivity contribution in [1.82, 2.24) is 0 Å². The van der Waals surface area contributed by atoms with Gasteiger partial charge in [0.05, 0.1) is 5.69 Å². The van der Waals surface area contributed by atoms with E-state index in [4.69, 9.17) is 0 Å². The predicted octanol–water partition coefficient (Wildman–Crippen LogP) is 3.78. The highest BCUT2D eigenvalue weighted by Gasteiger charge is 2.29. The number of benzene rings is 2. The molecule has 0 spiro atoms. The van der Waals surface area contributed by atoms with Gasteiger partial charge >= 0.3 is 0 Å². The molecule has 4 heteroatoms. The summed E-state index contributed by atoms with van der Waals surface area (Å²) >= 11 is 0. The summed E-state index contributed by atoms with van der Waals surface area (Å²) in [7, 11) is 0. The lowest BCUT2D eigenvalue weighted by atomic mass is 9.91. The third-order valence-corrected chi connectivity index (χ3v) is 5.17. The molecular weight excluding hydrogens is 312 g/mol. The standard InChI is InChI=1S/C21H22N2O2/c1-13-5-6-14(2)18(10-13)21(25)22-17-11-15-4-3-9-23-19(24)8-7-16(12-17)20(15)23/h5-6,10-12H,3-4,7-9H2,1-2H3,(H,22,25). The molecule has 0 saturated heterocycles. The third-order valence-electron chi connectivity index (χ3n) is 5.17. The molecule has 0 atom stereocenters. The molecule has 0 saturated carbocycles. The van der Waals surface area contributed by atoms with Crippen molar-refractivity contribution in [2.75, 3.05) is 16.8 Å². The largest absolute Gasteiger partial charge is 0.322 e. The van der Waals surface area contributed by atoms with Crippen molar-refractivity contribution < 1.29 is 9.59 Å². The Hall–Kier alpha value is -2.62. The second-order valence-electron chi connectivity index (χ2n) is 7.06. The average Bonchev–Trinajstić information content (AvgIpc) is 2.60. The van der Waals surface area contributed by atoms with Gasteiger partial charge < -0.3 is 10.2 Å². The van der Waals surface area contributed by atoms with Crippen molar-refractivity contribution in [3.05, 3.63) is 58.1 Å². The summed E-state index contributed by atoms with van der Waals surface area (Å²) in [6, 6.07) is 9.98. The summed E-state index contributed by atoms with van der Waals surface area (Å²) in [5.74, 6) is 0.147. The molecule has 0 unspecified atom stereocenters. The number of carbonyl (C=O) groups is 2. The quantitative estimate of drug-likeness (QED) is 0.908. The number of amides is 2. The van der Waals surface area contributed by atoms with Gasteiger partial charge in [-0.25, -0.2) is 0 Å². The number of nitrogens with zero attached hydrogens (tertiary/aromatic N) is 1. The molecule has 25 heavy (non-hydrogen) atoms. The summed E-state index contributed by atoms with van der Waals surface area (Å²) in [6.45, 7) is 4.76. The lowest BCUT2D eigenvalue weighted by Gasteiger charge is -2.35. The van der Waals surface area contributed by atoms with E-state index in [2.05, 4.69) is 5.32 Å². The summed E-state index contributed by atoms with van der Waals surface area (Å²) in [4.78, 5) is 26.8. The Labute approximate surface area is 147 Å². The zero-order valence-electron chi connectivity index (χ0n) is 14.7. The van der Waals surface area contributed by atoms with Gasteiger partial charge in [-0.3, -0.25) is 9.59 Å². The number of hydrogen-bond acceptors (Lipinski definition) is 2. The first kappa shape index (κ1) is 15.9. The Bertz CT molecular complexity index is 868. The fourth-order valence-corrected chi connectivity index (χ4v) is 3.90. The van der Waals surface area contributed by atoms with Gasteiger partial charge in [0.15, 0.2) is 0 Å². The highest BCUT2D eigenvalue weighted by molar-refractivity contribution is 6.06. The van der Waals surface area contributed by atoms with Crippen molar-refractivity contribution >= 4 is 23.2 Å². The first-order valence-electron chi connectivity index (χ1n) is 8.88. The molecule has 4 rings (SSSR count). The third kappa shape index (κ3) is 2.82. The SMILES string of the molecule is Cc1ccc(C)c(C(=O)Nc2cc3c4c(c2)CCC(=O)N4CCC3)c1. The molecule has 2 heterocycles. The minimum atomic E-state index is -0.0760. The number of hydrogen-bond donors (Lipinski definition) is 1. The fraction of sp³-hybridized carbons (Fsp3) is 0.333. The molecule has 1 N–H and O–H groups in total. The van der Waals surface area contributed by atoms with Crippen LogP contribution >= 0.6 is 0 Å². The minimum Gasteiger partial charge on any atom is -0.322 e. The number of aryl methyl sites for hydroxylation is 4. The van der Waals surface area contributed by atoms with E-state index in [0.717, 1.165) is 48.3 Å². The van der Waals surface area contributed by atoms with Crippen LogP contribution in [0.3, 0.4) is 0 Å². The van der Waals surface area contributed by atoms with Gasteiger partial charge in [-0.2, -0.15) is 0 Å². The van der Waals surface area contributed by atoms with Crippen LogP contribution in [0.15, 0.2) is 30.3 Å². The van der Waals surface area contributed by atoms with Gasteiger partial charge in [-0.15, -0.1) is 0 Å². The van der Waals surface area contributed by atoms with E-state index in [1.807, 2.05) is 49.1 Å². The van der Waals surface area contributed by atoms with E-state index in [-0.39, 0.29) is 11.8 Å². The van der Waals surface area contributed by atoms with E-state index in [9.17, 15) is 9.59 Å². The van der Waals surface area contributed by atoms with Crippen LogP contribution in [0, 0.1) is 13.8 Å². The number of anilines is 2. The Balaban J connectivity index is 1.67. The number of nitrogens with one attached hydrogen (secondary N) is 1. The molecule has 0 fully saturated rings. The van der Waals surface area contributed by atoms with Crippen molar-refractivity contribution in [2.24, 2.45) is 0 Å². The zero-order chi connectivity index (χ0) is 17.6. The van der Waals surface area contributed by atoms with Crippen molar-refractivity contribution in [3.8, 4) is 0 Å². The highest BCUT2D eigenvalue weighted by Crippen LogP contribution is 2.38. The molecule has 0 aliphatic carbocycles. The lowest BCUT2D eigenvalue weighted by Crippen LogP contribution is -2.39. The fourth-order valence-electron chi connectivity index (χ4n) is 3.90. The molecule has 4 nitrogen and oxygen atoms in total. The average molecular weight is 334 g/mol. The van der Waals surface area contributed by atoms with Gasteiger partial charge in [-0.1, -0.05) is 17.7 Å². The Kier molecular flexibility index (Phi) is 3.83. The lowest BCUT2D eigenvalue weighted by molar-refractivity contribution is -0.119. The van der Waals surface area contributed by atoms with Crippen molar-refractivity contribution in [1.29, 1.82) is 0 Å². The first-order valence-corrected chi connectivity index (χ1v) is 8.88. The normalized spacial score (nSPS) is 15.8. The van der Waals surface area contributed by atoms with Crippen LogP contribution in [-0.4, -0.2) is 18.4 Å². The molecule has 0 bridgehead atoms. The van der Waals surface area contributed by atoms with Gasteiger partial charge in [-0.05, 0) is 68.0 Å². The molecule has 2 aliphatic rings. The van der Waals surface area contributed by atoms with Crippen LogP contribution in [0.1, 0.15) is 45.5 Å². The maximum Gasteiger partial charge on any atom is 0.255 e. The second-order valence-corrected chi connectivity index (χ2v) is 7.06. The van der Waals surface area contributed by atoms with Gasteiger partial charge in [0.1, 0.15) is 0 Å². The second kappa shape index (κ2) is 6.03. The van der Waals surface area contributed by atoms with Gasteiger partial charge in [0.2, 0.25) is 5.91 Å². The van der Waals surface area contributed by atoms with E-state index >= 15 is 0 Å². The van der Waals surface area contributed by atoms with E-state index in [1.165, 1.54) is 11.1 Å². The number of rotatable bonds is 2. The molecular formula is C21H22N2O2. The van der Waals surface area contributed by atoms with E-state index < -0.39 is 0 Å². The Morgan fingerprint density at radius 2 is 1.80 bits per heavy atom. The topological polar surface area (TPSA) is 49.4 Å². The monoisotopic (exact) mass is 334 g/mol. The van der Waals surface area contributed by atoms with Crippen LogP contribution in [0.2, 0.25) is 0 Å². The summed E-state index contributed by atoms with van der Waals surface area (Å²) < 4.78 is 0. The molecule has 2 aromatic carbocycles. The molecule has 0 aromatic heterocycles. The van der Waals surface area contributed by atoms with Crippen LogP contribution < -0.4 is 10.2 Å². The zero-order valence-corrected chi connectivity index (χ0v) is 14.7. The predicted molar refractivity (Wildman–Crippen MR) is 99.3 cm³/mol. The summed E-state index contributed by atoms with van der Waals surface area (Å²) in [6.07, 6.45) is 3.25.